The van der Waals surface area contributed by atoms with E-state index in [1.54, 1.807) is 18.5 Å². The number of amides is 1. The summed E-state index contributed by atoms with van der Waals surface area (Å²) in [6.45, 7) is 0. The second-order valence-electron chi connectivity index (χ2n) is 4.95. The number of primary amides is 1. The van der Waals surface area contributed by atoms with Gasteiger partial charge in [-0.15, -0.1) is 0 Å². The zero-order chi connectivity index (χ0) is 15.5. The van der Waals surface area contributed by atoms with Gasteiger partial charge in [-0.2, -0.15) is 0 Å². The summed E-state index contributed by atoms with van der Waals surface area (Å²) in [7, 11) is 0. The van der Waals surface area contributed by atoms with Gasteiger partial charge < -0.3 is 11.5 Å². The van der Waals surface area contributed by atoms with Gasteiger partial charge in [0.15, 0.2) is 0 Å². The van der Waals surface area contributed by atoms with Gasteiger partial charge in [0, 0.05) is 18.0 Å². The molecule has 1 amide bonds. The smallest absolute Gasteiger partial charge is 0.250 e. The molecule has 4 N–H and O–H groups in total. The fraction of sp³-hybridized carbons (Fsp3) is 0. The van der Waals surface area contributed by atoms with Crippen LogP contribution in [0, 0.1) is 0 Å². The van der Waals surface area contributed by atoms with Crippen molar-refractivity contribution in [1.29, 1.82) is 0 Å². The van der Waals surface area contributed by atoms with E-state index in [0.717, 1.165) is 22.3 Å². The first-order valence-corrected chi connectivity index (χ1v) is 6.86. The summed E-state index contributed by atoms with van der Waals surface area (Å²) < 4.78 is 0. The van der Waals surface area contributed by atoms with Crippen molar-refractivity contribution in [1.82, 2.24) is 4.98 Å². The summed E-state index contributed by atoms with van der Waals surface area (Å²) in [5, 5.41) is 0. The second-order valence-corrected chi connectivity index (χ2v) is 4.95. The topological polar surface area (TPSA) is 82.0 Å². The van der Waals surface area contributed by atoms with Crippen LogP contribution in [-0.4, -0.2) is 10.9 Å². The van der Waals surface area contributed by atoms with E-state index in [1.165, 1.54) is 0 Å². The number of hydrogen-bond donors (Lipinski definition) is 2. The highest BCUT2D eigenvalue weighted by molar-refractivity contribution is 6.03. The van der Waals surface area contributed by atoms with E-state index in [4.69, 9.17) is 11.5 Å². The second kappa shape index (κ2) is 5.69. The molecule has 0 bridgehead atoms. The van der Waals surface area contributed by atoms with Gasteiger partial charge >= 0.3 is 0 Å². The molecule has 3 aromatic rings. The summed E-state index contributed by atoms with van der Waals surface area (Å²) in [6, 6.07) is 17.2. The molecule has 108 valence electrons. The zero-order valence-electron chi connectivity index (χ0n) is 11.9. The molecule has 1 aromatic heterocycles. The minimum atomic E-state index is -0.536. The number of anilines is 1. The van der Waals surface area contributed by atoms with Crippen molar-refractivity contribution in [3.8, 4) is 22.3 Å². The van der Waals surface area contributed by atoms with Gasteiger partial charge in [-0.05, 0) is 41.0 Å². The van der Waals surface area contributed by atoms with Crippen LogP contribution in [0.3, 0.4) is 0 Å². The number of carbonyl (C=O) groups excluding carboxylic acids is 1. The lowest BCUT2D eigenvalue weighted by Crippen LogP contribution is -2.14. The lowest BCUT2D eigenvalue weighted by molar-refractivity contribution is 0.100. The van der Waals surface area contributed by atoms with Crippen molar-refractivity contribution >= 4 is 11.6 Å². The zero-order valence-corrected chi connectivity index (χ0v) is 11.9. The van der Waals surface area contributed by atoms with E-state index in [-0.39, 0.29) is 0 Å². The Morgan fingerprint density at radius 1 is 0.864 bits per heavy atom. The third-order valence-corrected chi connectivity index (χ3v) is 3.54. The van der Waals surface area contributed by atoms with Gasteiger partial charge in [0.2, 0.25) is 0 Å². The lowest BCUT2D eigenvalue weighted by atomic mass is 9.94. The maximum Gasteiger partial charge on any atom is 0.250 e. The highest BCUT2D eigenvalue weighted by Gasteiger charge is 2.14. The summed E-state index contributed by atoms with van der Waals surface area (Å²) in [4.78, 5) is 15.7. The lowest BCUT2D eigenvalue weighted by Gasteiger charge is -2.13. The van der Waals surface area contributed by atoms with Crippen LogP contribution >= 0.6 is 0 Å². The fourth-order valence-corrected chi connectivity index (χ4v) is 2.42. The molecule has 3 rings (SSSR count). The SMILES string of the molecule is NC(=O)c1cc(-c2ccccc2)cc(-c2ccncc2)c1N. The number of nitrogens with zero attached hydrogens (tertiary/aromatic N) is 1. The standard InChI is InChI=1S/C18H15N3O/c19-17-15(13-6-8-21-9-7-13)10-14(11-16(17)18(20)22)12-4-2-1-3-5-12/h1-11H,19H2,(H2,20,22). The molecule has 0 unspecified atom stereocenters. The van der Waals surface area contributed by atoms with Crippen LogP contribution < -0.4 is 11.5 Å². The van der Waals surface area contributed by atoms with Gasteiger partial charge in [-0.3, -0.25) is 9.78 Å². The van der Waals surface area contributed by atoms with Gasteiger partial charge in [0.25, 0.3) is 5.91 Å². The molecule has 0 spiro atoms. The van der Waals surface area contributed by atoms with E-state index in [9.17, 15) is 4.79 Å². The monoisotopic (exact) mass is 289 g/mol. The first kappa shape index (κ1) is 13.8. The minimum absolute atomic E-state index is 0.327. The molecule has 0 fully saturated rings. The molecule has 0 aliphatic carbocycles. The average Bonchev–Trinajstić information content (AvgIpc) is 2.56. The summed E-state index contributed by atoms with van der Waals surface area (Å²) in [5.74, 6) is -0.536. The molecular formula is C18H15N3O. The molecule has 0 aliphatic heterocycles. The highest BCUT2D eigenvalue weighted by atomic mass is 16.1. The molecule has 1 heterocycles. The van der Waals surface area contributed by atoms with E-state index < -0.39 is 5.91 Å². The number of pyridine rings is 1. The van der Waals surface area contributed by atoms with Crippen molar-refractivity contribution in [2.75, 3.05) is 5.73 Å². The van der Waals surface area contributed by atoms with Crippen LogP contribution in [0.15, 0.2) is 67.0 Å². The molecular weight excluding hydrogens is 274 g/mol. The predicted molar refractivity (Wildman–Crippen MR) is 88.0 cm³/mol. The van der Waals surface area contributed by atoms with Crippen LogP contribution in [0.2, 0.25) is 0 Å². The van der Waals surface area contributed by atoms with E-state index in [1.807, 2.05) is 48.5 Å². The normalized spacial score (nSPS) is 10.4. The number of carbonyl (C=O) groups is 1. The van der Waals surface area contributed by atoms with Gasteiger partial charge in [0.1, 0.15) is 0 Å². The van der Waals surface area contributed by atoms with Crippen molar-refractivity contribution in [2.24, 2.45) is 5.73 Å². The molecule has 0 saturated carbocycles. The van der Waals surface area contributed by atoms with Crippen LogP contribution in [0.5, 0.6) is 0 Å². The molecule has 0 saturated heterocycles. The fourth-order valence-electron chi connectivity index (χ4n) is 2.42. The van der Waals surface area contributed by atoms with E-state index >= 15 is 0 Å². The van der Waals surface area contributed by atoms with Crippen molar-refractivity contribution < 1.29 is 4.79 Å². The van der Waals surface area contributed by atoms with E-state index in [0.29, 0.717) is 11.3 Å². The number of nitrogens with two attached hydrogens (primary N) is 2. The summed E-state index contributed by atoms with van der Waals surface area (Å²) in [6.07, 6.45) is 3.38. The third kappa shape index (κ3) is 2.54. The maximum atomic E-state index is 11.7. The molecule has 4 nitrogen and oxygen atoms in total. The number of rotatable bonds is 3. The predicted octanol–water partition coefficient (Wildman–Crippen LogP) is 3.10. The van der Waals surface area contributed by atoms with Crippen molar-refractivity contribution in [3.63, 3.8) is 0 Å². The van der Waals surface area contributed by atoms with Gasteiger partial charge in [0.05, 0.1) is 11.3 Å². The number of benzene rings is 2. The molecule has 0 radical (unpaired) electrons. The van der Waals surface area contributed by atoms with Crippen LogP contribution in [0.4, 0.5) is 5.69 Å². The Bertz CT molecular complexity index is 814. The Morgan fingerprint density at radius 3 is 2.18 bits per heavy atom. The Kier molecular flexibility index (Phi) is 3.58. The summed E-state index contributed by atoms with van der Waals surface area (Å²) >= 11 is 0. The van der Waals surface area contributed by atoms with E-state index in [2.05, 4.69) is 4.98 Å². The van der Waals surface area contributed by atoms with Gasteiger partial charge in [-0.25, -0.2) is 0 Å². The molecule has 4 heteroatoms. The average molecular weight is 289 g/mol. The number of aromatic nitrogens is 1. The maximum absolute atomic E-state index is 11.7. The van der Waals surface area contributed by atoms with Crippen LogP contribution in [-0.2, 0) is 0 Å². The van der Waals surface area contributed by atoms with Crippen LogP contribution in [0.1, 0.15) is 10.4 Å². The third-order valence-electron chi connectivity index (χ3n) is 3.54. The molecule has 0 aliphatic rings. The Balaban J connectivity index is 2.26. The summed E-state index contributed by atoms with van der Waals surface area (Å²) in [5.41, 5.74) is 15.9. The molecule has 2 aromatic carbocycles. The Hall–Kier alpha value is -3.14. The Labute approximate surface area is 128 Å². The quantitative estimate of drug-likeness (QED) is 0.727. The largest absolute Gasteiger partial charge is 0.398 e. The Morgan fingerprint density at radius 2 is 1.55 bits per heavy atom. The molecule has 22 heavy (non-hydrogen) atoms. The van der Waals surface area contributed by atoms with Gasteiger partial charge in [-0.1, -0.05) is 30.3 Å². The minimum Gasteiger partial charge on any atom is -0.398 e. The van der Waals surface area contributed by atoms with Crippen molar-refractivity contribution in [3.05, 3.63) is 72.6 Å². The van der Waals surface area contributed by atoms with Crippen molar-refractivity contribution in [2.45, 2.75) is 0 Å². The van der Waals surface area contributed by atoms with Crippen LogP contribution in [0.25, 0.3) is 22.3 Å². The number of hydrogen-bond acceptors (Lipinski definition) is 3. The number of nitrogen functional groups attached to an aromatic ring is 1. The molecule has 0 atom stereocenters. The first-order valence-electron chi connectivity index (χ1n) is 6.86. The highest BCUT2D eigenvalue weighted by Crippen LogP contribution is 2.33. The first-order chi connectivity index (χ1) is 10.7.